The highest BCUT2D eigenvalue weighted by Crippen LogP contribution is 2.52. The molecule has 0 saturated carbocycles. The standard InChI is InChI=1S/C33H32O2S2/c1-33(2,36-31(27-19-11-5-12-20-27)23-29(34)25-15-7-3-8-16-25)37-32(28-21-13-6-14-22-28)24-30(35)26-17-9-4-10-18-26/h3-22,31-32H,23-24H2,1-2H3. The van der Waals surface area contributed by atoms with Gasteiger partial charge in [0.15, 0.2) is 11.6 Å². The Morgan fingerprint density at radius 3 is 1.16 bits per heavy atom. The van der Waals surface area contributed by atoms with Crippen molar-refractivity contribution in [2.75, 3.05) is 0 Å². The number of rotatable bonds is 12. The minimum atomic E-state index is -0.255. The molecule has 2 nitrogen and oxygen atoms in total. The van der Waals surface area contributed by atoms with Gasteiger partial charge in [-0.2, -0.15) is 0 Å². The molecule has 0 aromatic heterocycles. The van der Waals surface area contributed by atoms with Crippen LogP contribution >= 0.6 is 23.5 Å². The van der Waals surface area contributed by atoms with E-state index in [1.807, 2.05) is 97.1 Å². The van der Waals surface area contributed by atoms with E-state index in [9.17, 15) is 9.59 Å². The summed E-state index contributed by atoms with van der Waals surface area (Å²) in [6.45, 7) is 4.41. The van der Waals surface area contributed by atoms with Crippen LogP contribution < -0.4 is 0 Å². The van der Waals surface area contributed by atoms with Crippen molar-refractivity contribution in [3.63, 3.8) is 0 Å². The molecule has 0 spiro atoms. The first kappa shape index (κ1) is 27.0. The molecule has 4 aromatic rings. The number of ketones is 2. The lowest BCUT2D eigenvalue weighted by Crippen LogP contribution is -2.18. The van der Waals surface area contributed by atoms with E-state index in [4.69, 9.17) is 0 Å². The zero-order valence-corrected chi connectivity index (χ0v) is 22.9. The Morgan fingerprint density at radius 1 is 0.541 bits per heavy atom. The van der Waals surface area contributed by atoms with Gasteiger partial charge in [-0.05, 0) is 25.0 Å². The number of thioether (sulfide) groups is 2. The zero-order chi connectivity index (χ0) is 26.1. The van der Waals surface area contributed by atoms with Crippen molar-refractivity contribution in [2.45, 2.75) is 41.3 Å². The molecule has 0 fully saturated rings. The molecule has 37 heavy (non-hydrogen) atoms. The average molecular weight is 525 g/mol. The van der Waals surface area contributed by atoms with Crippen LogP contribution in [0.4, 0.5) is 0 Å². The van der Waals surface area contributed by atoms with E-state index in [1.165, 1.54) is 0 Å². The fourth-order valence-electron chi connectivity index (χ4n) is 4.32. The summed E-state index contributed by atoms with van der Waals surface area (Å²) in [7, 11) is 0. The van der Waals surface area contributed by atoms with E-state index < -0.39 is 0 Å². The summed E-state index contributed by atoms with van der Waals surface area (Å²) in [6.07, 6.45) is 0.837. The first-order valence-corrected chi connectivity index (χ1v) is 14.3. The number of hydrogen-bond donors (Lipinski definition) is 0. The van der Waals surface area contributed by atoms with Crippen LogP contribution in [-0.4, -0.2) is 15.6 Å². The van der Waals surface area contributed by atoms with Crippen LogP contribution in [0.2, 0.25) is 0 Å². The van der Waals surface area contributed by atoms with Crippen molar-refractivity contribution in [3.8, 4) is 0 Å². The fourth-order valence-corrected chi connectivity index (χ4v) is 7.67. The Labute approximate surface area is 228 Å². The lowest BCUT2D eigenvalue weighted by molar-refractivity contribution is 0.0974. The average Bonchev–Trinajstić information content (AvgIpc) is 2.94. The summed E-state index contributed by atoms with van der Waals surface area (Å²) >= 11 is 3.60. The van der Waals surface area contributed by atoms with Crippen molar-refractivity contribution >= 4 is 35.1 Å². The summed E-state index contributed by atoms with van der Waals surface area (Å²) in [5.41, 5.74) is 3.76. The Bertz CT molecular complexity index is 1170. The molecule has 0 bridgehead atoms. The van der Waals surface area contributed by atoms with E-state index >= 15 is 0 Å². The van der Waals surface area contributed by atoms with Crippen LogP contribution in [0, 0.1) is 0 Å². The van der Waals surface area contributed by atoms with Gasteiger partial charge in [0, 0.05) is 34.5 Å². The smallest absolute Gasteiger partial charge is 0.164 e. The highest BCUT2D eigenvalue weighted by molar-refractivity contribution is 8.18. The normalized spacial score (nSPS) is 13.0. The lowest BCUT2D eigenvalue weighted by atomic mass is 10.0. The van der Waals surface area contributed by atoms with Crippen LogP contribution in [0.3, 0.4) is 0 Å². The van der Waals surface area contributed by atoms with Crippen molar-refractivity contribution < 1.29 is 9.59 Å². The Hall–Kier alpha value is -3.08. The van der Waals surface area contributed by atoms with E-state index in [0.717, 1.165) is 22.3 Å². The van der Waals surface area contributed by atoms with Crippen LogP contribution in [-0.2, 0) is 0 Å². The number of carbonyl (C=O) groups excluding carboxylic acids is 2. The molecule has 0 radical (unpaired) electrons. The van der Waals surface area contributed by atoms with Gasteiger partial charge in [0.1, 0.15) is 0 Å². The predicted octanol–water partition coefficient (Wildman–Crippen LogP) is 9.22. The number of benzene rings is 4. The number of Topliss-reactive ketones (excluding diaryl/α,β-unsaturated/α-hetero) is 2. The maximum Gasteiger partial charge on any atom is 0.164 e. The second-order valence-electron chi connectivity index (χ2n) is 9.42. The molecule has 0 aliphatic rings. The molecular weight excluding hydrogens is 492 g/mol. The molecule has 0 heterocycles. The molecular formula is C33H32O2S2. The van der Waals surface area contributed by atoms with E-state index in [-0.39, 0.29) is 26.1 Å². The van der Waals surface area contributed by atoms with Crippen LogP contribution in [0.1, 0.15) is 69.0 Å². The maximum atomic E-state index is 13.2. The summed E-state index contributed by atoms with van der Waals surface area (Å²) in [4.78, 5) is 26.4. The molecule has 0 aliphatic heterocycles. The SMILES string of the molecule is CC(C)(SC(CC(=O)c1ccccc1)c1ccccc1)SC(CC(=O)c1ccccc1)c1ccccc1. The quantitative estimate of drug-likeness (QED) is 0.137. The van der Waals surface area contributed by atoms with Crippen molar-refractivity contribution in [2.24, 2.45) is 0 Å². The summed E-state index contributed by atoms with van der Waals surface area (Å²) in [5, 5.41) is -0.00434. The molecule has 2 atom stereocenters. The minimum Gasteiger partial charge on any atom is -0.294 e. The van der Waals surface area contributed by atoms with Gasteiger partial charge < -0.3 is 0 Å². The van der Waals surface area contributed by atoms with Crippen LogP contribution in [0.5, 0.6) is 0 Å². The third-order valence-corrected chi connectivity index (χ3v) is 9.29. The monoisotopic (exact) mass is 524 g/mol. The molecule has 4 heteroatoms. The van der Waals surface area contributed by atoms with Gasteiger partial charge in [-0.3, -0.25) is 9.59 Å². The third kappa shape index (κ3) is 7.95. The lowest BCUT2D eigenvalue weighted by Gasteiger charge is -2.32. The van der Waals surface area contributed by atoms with Crippen molar-refractivity contribution in [1.29, 1.82) is 0 Å². The molecule has 4 aromatic carbocycles. The van der Waals surface area contributed by atoms with E-state index in [1.54, 1.807) is 23.5 Å². The van der Waals surface area contributed by atoms with Gasteiger partial charge in [-0.1, -0.05) is 121 Å². The van der Waals surface area contributed by atoms with Gasteiger partial charge in [0.25, 0.3) is 0 Å². The Balaban J connectivity index is 1.56. The fraction of sp³-hybridized carbons (Fsp3) is 0.212. The molecule has 2 unspecified atom stereocenters. The van der Waals surface area contributed by atoms with Gasteiger partial charge in [-0.15, -0.1) is 23.5 Å². The van der Waals surface area contributed by atoms with Crippen molar-refractivity contribution in [1.82, 2.24) is 0 Å². The highest BCUT2D eigenvalue weighted by Gasteiger charge is 2.32. The Kier molecular flexibility index (Phi) is 9.43. The third-order valence-electron chi connectivity index (χ3n) is 6.13. The topological polar surface area (TPSA) is 34.1 Å². The summed E-state index contributed by atoms with van der Waals surface area (Å²) < 4.78 is -0.255. The van der Waals surface area contributed by atoms with E-state index in [2.05, 4.69) is 38.1 Å². The molecule has 0 saturated heterocycles. The van der Waals surface area contributed by atoms with Gasteiger partial charge in [0.2, 0.25) is 0 Å². The largest absolute Gasteiger partial charge is 0.294 e. The maximum absolute atomic E-state index is 13.2. The van der Waals surface area contributed by atoms with Gasteiger partial charge >= 0.3 is 0 Å². The zero-order valence-electron chi connectivity index (χ0n) is 21.2. The number of carbonyl (C=O) groups is 2. The first-order chi connectivity index (χ1) is 17.9. The molecule has 0 amide bonds. The van der Waals surface area contributed by atoms with Crippen molar-refractivity contribution in [3.05, 3.63) is 144 Å². The second-order valence-corrected chi connectivity index (χ2v) is 13.3. The minimum absolute atomic E-state index is 0.00217. The molecule has 4 rings (SSSR count). The molecule has 0 N–H and O–H groups in total. The van der Waals surface area contributed by atoms with Crippen LogP contribution in [0.25, 0.3) is 0 Å². The molecule has 188 valence electrons. The summed E-state index contributed by atoms with van der Waals surface area (Å²) in [6, 6.07) is 39.6. The van der Waals surface area contributed by atoms with Crippen LogP contribution in [0.15, 0.2) is 121 Å². The predicted molar refractivity (Wildman–Crippen MR) is 158 cm³/mol. The Morgan fingerprint density at radius 2 is 0.838 bits per heavy atom. The first-order valence-electron chi connectivity index (χ1n) is 12.5. The second kappa shape index (κ2) is 12.9. The summed E-state index contributed by atoms with van der Waals surface area (Å²) in [5.74, 6) is 0.281. The molecule has 0 aliphatic carbocycles. The number of hydrogen-bond acceptors (Lipinski definition) is 4. The van der Waals surface area contributed by atoms with E-state index in [0.29, 0.717) is 12.8 Å². The van der Waals surface area contributed by atoms with Gasteiger partial charge in [0.05, 0.1) is 4.08 Å². The highest BCUT2D eigenvalue weighted by atomic mass is 32.2. The van der Waals surface area contributed by atoms with Gasteiger partial charge in [-0.25, -0.2) is 0 Å².